The third kappa shape index (κ3) is 2.10. The summed E-state index contributed by atoms with van der Waals surface area (Å²) in [5, 5.41) is 10.0. The Balaban J connectivity index is 2.51. The van der Waals surface area contributed by atoms with Gasteiger partial charge in [-0.1, -0.05) is 6.92 Å². The highest BCUT2D eigenvalue weighted by atomic mass is 16.6. The number of rotatable bonds is 3. The minimum absolute atomic E-state index is 0.0264. The number of aliphatic hydroxyl groups excluding tert-OH is 1. The van der Waals surface area contributed by atoms with E-state index in [1.165, 1.54) is 0 Å². The van der Waals surface area contributed by atoms with Crippen molar-refractivity contribution in [2.24, 2.45) is 0 Å². The van der Waals surface area contributed by atoms with Crippen LogP contribution in [0.25, 0.3) is 0 Å². The second-order valence-corrected chi connectivity index (χ2v) is 4.09. The monoisotopic (exact) mass is 238 g/mol. The van der Waals surface area contributed by atoms with Crippen LogP contribution < -0.4 is 9.47 Å². The van der Waals surface area contributed by atoms with E-state index in [0.717, 1.165) is 24.2 Å². The van der Waals surface area contributed by atoms with Gasteiger partial charge >= 0.3 is 0 Å². The molecule has 0 fully saturated rings. The Bertz CT molecular complexity index is 403. The fourth-order valence-electron chi connectivity index (χ4n) is 2.24. The molecule has 0 spiro atoms. The number of hydrogen-bond acceptors (Lipinski definition) is 4. The normalized spacial score (nSPS) is 23.1. The summed E-state index contributed by atoms with van der Waals surface area (Å²) in [5.41, 5.74) is 1.68. The predicted octanol–water partition coefficient (Wildman–Crippen LogP) is 2.05. The van der Waals surface area contributed by atoms with Gasteiger partial charge in [-0.15, -0.1) is 0 Å². The Kier molecular flexibility index (Phi) is 3.54. The van der Waals surface area contributed by atoms with Gasteiger partial charge in [0.1, 0.15) is 11.5 Å². The molecule has 0 bridgehead atoms. The Morgan fingerprint density at radius 1 is 1.29 bits per heavy atom. The van der Waals surface area contributed by atoms with E-state index in [1.807, 2.05) is 13.0 Å². The van der Waals surface area contributed by atoms with E-state index in [2.05, 4.69) is 0 Å². The van der Waals surface area contributed by atoms with Crippen molar-refractivity contribution in [3.8, 4) is 11.5 Å². The summed E-state index contributed by atoms with van der Waals surface area (Å²) >= 11 is 0. The first-order valence-electron chi connectivity index (χ1n) is 5.78. The van der Waals surface area contributed by atoms with Crippen LogP contribution >= 0.6 is 0 Å². The van der Waals surface area contributed by atoms with E-state index in [4.69, 9.17) is 14.2 Å². The molecular weight excluding hydrogens is 220 g/mol. The Labute approximate surface area is 101 Å². The lowest BCUT2D eigenvalue weighted by Gasteiger charge is -2.30. The molecule has 94 valence electrons. The van der Waals surface area contributed by atoms with Gasteiger partial charge in [0.2, 0.25) is 0 Å². The lowest BCUT2D eigenvalue weighted by atomic mass is 9.95. The summed E-state index contributed by atoms with van der Waals surface area (Å²) in [6.45, 7) is 2.04. The first kappa shape index (κ1) is 12.2. The quantitative estimate of drug-likeness (QED) is 0.875. The van der Waals surface area contributed by atoms with Crippen molar-refractivity contribution >= 4 is 0 Å². The minimum atomic E-state index is -0.936. The maximum Gasteiger partial charge on any atom is 0.185 e. The third-order valence-corrected chi connectivity index (χ3v) is 3.17. The molecule has 1 N–H and O–H groups in total. The van der Waals surface area contributed by atoms with Gasteiger partial charge in [-0.25, -0.2) is 0 Å². The van der Waals surface area contributed by atoms with Gasteiger partial charge in [0.25, 0.3) is 0 Å². The van der Waals surface area contributed by atoms with Gasteiger partial charge in [0, 0.05) is 12.0 Å². The van der Waals surface area contributed by atoms with Crippen LogP contribution in [0.5, 0.6) is 11.5 Å². The predicted molar refractivity (Wildman–Crippen MR) is 63.4 cm³/mol. The number of methoxy groups -OCH3 is 2. The molecule has 0 saturated carbocycles. The number of ether oxygens (including phenoxy) is 3. The molecule has 1 aliphatic heterocycles. The summed E-state index contributed by atoms with van der Waals surface area (Å²) in [7, 11) is 3.21. The molecule has 1 aromatic carbocycles. The zero-order chi connectivity index (χ0) is 12.4. The highest BCUT2D eigenvalue weighted by Crippen LogP contribution is 2.40. The van der Waals surface area contributed by atoms with Crippen LogP contribution in [0.15, 0.2) is 12.1 Å². The van der Waals surface area contributed by atoms with Crippen molar-refractivity contribution in [2.45, 2.75) is 32.2 Å². The number of hydrogen-bond donors (Lipinski definition) is 1. The Hall–Kier alpha value is -1.26. The molecule has 2 atom stereocenters. The summed E-state index contributed by atoms with van der Waals surface area (Å²) < 4.78 is 16.1. The van der Waals surface area contributed by atoms with Crippen LogP contribution in [0.3, 0.4) is 0 Å². The highest BCUT2D eigenvalue weighted by Gasteiger charge is 2.30. The van der Waals surface area contributed by atoms with Crippen molar-refractivity contribution in [1.29, 1.82) is 0 Å². The molecule has 4 heteroatoms. The SMILES string of the molecule is CCC1Cc2c(OC)ccc(OC)c2C(O)O1. The van der Waals surface area contributed by atoms with Crippen LogP contribution in [0.2, 0.25) is 0 Å². The van der Waals surface area contributed by atoms with E-state index >= 15 is 0 Å². The molecule has 1 heterocycles. The molecular formula is C13H18O4. The molecule has 2 rings (SSSR count). The topological polar surface area (TPSA) is 47.9 Å². The van der Waals surface area contributed by atoms with Gasteiger partial charge in [-0.3, -0.25) is 0 Å². The van der Waals surface area contributed by atoms with E-state index in [-0.39, 0.29) is 6.10 Å². The highest BCUT2D eigenvalue weighted by molar-refractivity contribution is 5.50. The minimum Gasteiger partial charge on any atom is -0.496 e. The largest absolute Gasteiger partial charge is 0.496 e. The zero-order valence-electron chi connectivity index (χ0n) is 10.4. The van der Waals surface area contributed by atoms with Gasteiger partial charge in [0.15, 0.2) is 6.29 Å². The van der Waals surface area contributed by atoms with E-state index in [9.17, 15) is 5.11 Å². The summed E-state index contributed by atoms with van der Waals surface area (Å²) in [5.74, 6) is 1.42. The Morgan fingerprint density at radius 2 is 1.94 bits per heavy atom. The summed E-state index contributed by atoms with van der Waals surface area (Å²) in [6, 6.07) is 3.65. The number of aliphatic hydroxyl groups is 1. The lowest BCUT2D eigenvalue weighted by Crippen LogP contribution is -2.26. The van der Waals surface area contributed by atoms with Crippen LogP contribution in [-0.2, 0) is 11.2 Å². The van der Waals surface area contributed by atoms with Gasteiger partial charge < -0.3 is 19.3 Å². The molecule has 0 amide bonds. The average molecular weight is 238 g/mol. The van der Waals surface area contributed by atoms with E-state index < -0.39 is 6.29 Å². The average Bonchev–Trinajstić information content (AvgIpc) is 2.37. The van der Waals surface area contributed by atoms with E-state index in [1.54, 1.807) is 20.3 Å². The van der Waals surface area contributed by atoms with Gasteiger partial charge in [0.05, 0.1) is 25.9 Å². The first-order chi connectivity index (χ1) is 8.21. The maximum absolute atomic E-state index is 10.0. The molecule has 1 aliphatic rings. The van der Waals surface area contributed by atoms with Crippen LogP contribution in [-0.4, -0.2) is 25.4 Å². The molecule has 0 radical (unpaired) electrons. The summed E-state index contributed by atoms with van der Waals surface area (Å²) in [4.78, 5) is 0. The molecule has 1 aromatic rings. The van der Waals surface area contributed by atoms with Crippen molar-refractivity contribution in [1.82, 2.24) is 0 Å². The lowest BCUT2D eigenvalue weighted by molar-refractivity contribution is -0.150. The van der Waals surface area contributed by atoms with Gasteiger partial charge in [-0.05, 0) is 18.6 Å². The number of fused-ring (bicyclic) bond motifs is 1. The van der Waals surface area contributed by atoms with Crippen LogP contribution in [0.4, 0.5) is 0 Å². The van der Waals surface area contributed by atoms with Crippen molar-refractivity contribution < 1.29 is 19.3 Å². The van der Waals surface area contributed by atoms with Gasteiger partial charge in [-0.2, -0.15) is 0 Å². The van der Waals surface area contributed by atoms with E-state index in [0.29, 0.717) is 11.3 Å². The zero-order valence-corrected chi connectivity index (χ0v) is 10.4. The molecule has 0 aromatic heterocycles. The van der Waals surface area contributed by atoms with Crippen molar-refractivity contribution in [3.63, 3.8) is 0 Å². The fourth-order valence-corrected chi connectivity index (χ4v) is 2.24. The van der Waals surface area contributed by atoms with Crippen LogP contribution in [0.1, 0.15) is 30.8 Å². The first-order valence-corrected chi connectivity index (χ1v) is 5.78. The fraction of sp³-hybridized carbons (Fsp3) is 0.538. The second kappa shape index (κ2) is 4.94. The third-order valence-electron chi connectivity index (χ3n) is 3.17. The molecule has 0 aliphatic carbocycles. The molecule has 17 heavy (non-hydrogen) atoms. The summed E-state index contributed by atoms with van der Waals surface area (Å²) in [6.07, 6.45) is 0.687. The molecule has 0 saturated heterocycles. The van der Waals surface area contributed by atoms with Crippen molar-refractivity contribution in [2.75, 3.05) is 14.2 Å². The Morgan fingerprint density at radius 3 is 2.53 bits per heavy atom. The molecule has 4 nitrogen and oxygen atoms in total. The number of benzene rings is 1. The maximum atomic E-state index is 10.0. The second-order valence-electron chi connectivity index (χ2n) is 4.09. The van der Waals surface area contributed by atoms with Crippen LogP contribution in [0, 0.1) is 0 Å². The smallest absolute Gasteiger partial charge is 0.185 e. The van der Waals surface area contributed by atoms with Crippen molar-refractivity contribution in [3.05, 3.63) is 23.3 Å². The standard InChI is InChI=1S/C13H18O4/c1-4-8-7-9-10(15-2)5-6-11(16-3)12(9)13(14)17-8/h5-6,8,13-14H,4,7H2,1-3H3. The molecule has 2 unspecified atom stereocenters.